The van der Waals surface area contributed by atoms with Gasteiger partial charge in [0.1, 0.15) is 5.82 Å². The van der Waals surface area contributed by atoms with E-state index in [0.29, 0.717) is 0 Å². The molecule has 0 aliphatic carbocycles. The van der Waals surface area contributed by atoms with Crippen LogP contribution in [-0.4, -0.2) is 23.1 Å². The predicted molar refractivity (Wildman–Crippen MR) is 62.1 cm³/mol. The highest BCUT2D eigenvalue weighted by Gasteiger charge is 2.21. The van der Waals surface area contributed by atoms with Gasteiger partial charge in [-0.2, -0.15) is 0 Å². The third kappa shape index (κ3) is 2.07. The first-order valence-electron chi connectivity index (χ1n) is 5.89. The van der Waals surface area contributed by atoms with Gasteiger partial charge in [-0.25, -0.2) is 4.98 Å². The second-order valence-electron chi connectivity index (χ2n) is 4.60. The molecule has 15 heavy (non-hydrogen) atoms. The van der Waals surface area contributed by atoms with Gasteiger partial charge in [0.05, 0.1) is 5.69 Å². The number of fused-ring (bicyclic) bond motifs is 1. The summed E-state index contributed by atoms with van der Waals surface area (Å²) in [7, 11) is 2.03. The van der Waals surface area contributed by atoms with E-state index in [0.717, 1.165) is 12.5 Å². The van der Waals surface area contributed by atoms with Crippen LogP contribution in [-0.2, 0) is 13.0 Å². The number of aryl methyl sites for hydroxylation is 2. The Balaban J connectivity index is 2.09. The van der Waals surface area contributed by atoms with E-state index in [4.69, 9.17) is 0 Å². The normalized spacial score (nSPS) is 20.3. The Labute approximate surface area is 91.9 Å². The zero-order valence-electron chi connectivity index (χ0n) is 10.0. The minimum atomic E-state index is 0.831. The number of hydrogen-bond donors (Lipinski definition) is 1. The highest BCUT2D eigenvalue weighted by atomic mass is 15.1. The third-order valence-corrected chi connectivity index (χ3v) is 3.50. The van der Waals surface area contributed by atoms with Crippen molar-refractivity contribution in [2.24, 2.45) is 5.92 Å². The monoisotopic (exact) mass is 207 g/mol. The second kappa shape index (κ2) is 4.35. The van der Waals surface area contributed by atoms with Crippen LogP contribution in [0.4, 0.5) is 0 Å². The summed E-state index contributed by atoms with van der Waals surface area (Å²) >= 11 is 0. The van der Waals surface area contributed by atoms with Crippen LogP contribution in [0.5, 0.6) is 0 Å². The van der Waals surface area contributed by atoms with Crippen molar-refractivity contribution in [2.75, 3.05) is 13.6 Å². The largest absolute Gasteiger partial charge is 0.332 e. The molecule has 0 saturated carbocycles. The lowest BCUT2D eigenvalue weighted by Gasteiger charge is -2.25. The summed E-state index contributed by atoms with van der Waals surface area (Å²) < 4.78 is 2.42. The van der Waals surface area contributed by atoms with Crippen LogP contribution in [0.25, 0.3) is 0 Å². The van der Waals surface area contributed by atoms with Gasteiger partial charge in [-0.05, 0) is 52.6 Å². The van der Waals surface area contributed by atoms with Crippen molar-refractivity contribution in [1.82, 2.24) is 14.9 Å². The number of nitrogens with one attached hydrogen (secondary N) is 1. The molecule has 0 saturated heterocycles. The number of rotatable bonds is 3. The van der Waals surface area contributed by atoms with Gasteiger partial charge >= 0.3 is 0 Å². The first-order chi connectivity index (χ1) is 7.22. The molecular weight excluding hydrogens is 186 g/mol. The minimum Gasteiger partial charge on any atom is -0.332 e. The molecule has 1 aromatic rings. The highest BCUT2D eigenvalue weighted by molar-refractivity contribution is 5.17. The van der Waals surface area contributed by atoms with E-state index in [1.165, 1.54) is 43.0 Å². The van der Waals surface area contributed by atoms with Crippen LogP contribution in [0.3, 0.4) is 0 Å². The van der Waals surface area contributed by atoms with Gasteiger partial charge in [0.15, 0.2) is 0 Å². The van der Waals surface area contributed by atoms with E-state index >= 15 is 0 Å². The molecule has 0 radical (unpaired) electrons. The molecule has 2 rings (SSSR count). The summed E-state index contributed by atoms with van der Waals surface area (Å²) in [5, 5.41) is 3.23. The smallest absolute Gasteiger partial charge is 0.106 e. The molecular formula is C12H21N3. The zero-order chi connectivity index (χ0) is 10.8. The topological polar surface area (TPSA) is 29.9 Å². The van der Waals surface area contributed by atoms with E-state index < -0.39 is 0 Å². The van der Waals surface area contributed by atoms with Gasteiger partial charge in [-0.1, -0.05) is 0 Å². The van der Waals surface area contributed by atoms with Crippen molar-refractivity contribution < 1.29 is 0 Å². The Morgan fingerprint density at radius 2 is 2.27 bits per heavy atom. The van der Waals surface area contributed by atoms with Gasteiger partial charge in [0.25, 0.3) is 0 Å². The second-order valence-corrected chi connectivity index (χ2v) is 4.60. The lowest BCUT2D eigenvalue weighted by molar-refractivity contribution is 0.342. The fraction of sp³-hybridized carbons (Fsp3) is 0.750. The van der Waals surface area contributed by atoms with E-state index in [9.17, 15) is 0 Å². The summed E-state index contributed by atoms with van der Waals surface area (Å²) in [6.07, 6.45) is 3.82. The molecule has 3 heteroatoms. The predicted octanol–water partition coefficient (Wildman–Crippen LogP) is 1.67. The third-order valence-electron chi connectivity index (χ3n) is 3.50. The Kier molecular flexibility index (Phi) is 3.10. The Morgan fingerprint density at radius 3 is 3.00 bits per heavy atom. The first kappa shape index (κ1) is 10.7. The van der Waals surface area contributed by atoms with Gasteiger partial charge < -0.3 is 9.88 Å². The van der Waals surface area contributed by atoms with E-state index in [1.54, 1.807) is 0 Å². The molecule has 1 N–H and O–H groups in total. The van der Waals surface area contributed by atoms with Gasteiger partial charge in [0, 0.05) is 12.2 Å². The highest BCUT2D eigenvalue weighted by Crippen LogP contribution is 2.25. The SMILES string of the molecule is CNCCC1CCc2c(C)nc(C)n2C1. The number of aromatic nitrogens is 2. The quantitative estimate of drug-likeness (QED) is 0.817. The summed E-state index contributed by atoms with van der Waals surface area (Å²) in [5.74, 6) is 2.02. The number of nitrogens with zero attached hydrogens (tertiary/aromatic N) is 2. The van der Waals surface area contributed by atoms with Crippen molar-refractivity contribution in [3.05, 3.63) is 17.2 Å². The van der Waals surface area contributed by atoms with Crippen LogP contribution < -0.4 is 5.32 Å². The molecule has 0 aromatic carbocycles. The Morgan fingerprint density at radius 1 is 1.47 bits per heavy atom. The standard InChI is InChI=1S/C12H21N3/c1-9-12-5-4-11(6-7-13-3)8-15(12)10(2)14-9/h11,13H,4-8H2,1-3H3. The van der Waals surface area contributed by atoms with Crippen molar-refractivity contribution in [2.45, 2.75) is 39.7 Å². The van der Waals surface area contributed by atoms with Crippen LogP contribution in [0.15, 0.2) is 0 Å². The first-order valence-corrected chi connectivity index (χ1v) is 5.89. The molecule has 3 nitrogen and oxygen atoms in total. The molecule has 0 amide bonds. The molecule has 1 aliphatic rings. The van der Waals surface area contributed by atoms with Gasteiger partial charge in [-0.3, -0.25) is 0 Å². The molecule has 2 heterocycles. The summed E-state index contributed by atoms with van der Waals surface area (Å²) in [4.78, 5) is 4.55. The number of hydrogen-bond acceptors (Lipinski definition) is 2. The molecule has 0 spiro atoms. The maximum Gasteiger partial charge on any atom is 0.106 e. The molecule has 84 valence electrons. The summed E-state index contributed by atoms with van der Waals surface area (Å²) in [6.45, 7) is 6.56. The van der Waals surface area contributed by atoms with Crippen molar-refractivity contribution in [1.29, 1.82) is 0 Å². The van der Waals surface area contributed by atoms with Gasteiger partial charge in [-0.15, -0.1) is 0 Å². The molecule has 0 bridgehead atoms. The zero-order valence-corrected chi connectivity index (χ0v) is 10.0. The fourth-order valence-electron chi connectivity index (χ4n) is 2.59. The lowest BCUT2D eigenvalue weighted by atomic mass is 9.94. The molecule has 1 atom stereocenters. The maximum atomic E-state index is 4.55. The molecule has 0 fully saturated rings. The number of imidazole rings is 1. The van der Waals surface area contributed by atoms with E-state index in [2.05, 4.69) is 28.7 Å². The molecule has 1 aromatic heterocycles. The Bertz CT molecular complexity index is 341. The molecule has 1 aliphatic heterocycles. The van der Waals surface area contributed by atoms with Crippen LogP contribution in [0.1, 0.15) is 30.1 Å². The van der Waals surface area contributed by atoms with E-state index in [-0.39, 0.29) is 0 Å². The van der Waals surface area contributed by atoms with Crippen LogP contribution >= 0.6 is 0 Å². The maximum absolute atomic E-state index is 4.55. The van der Waals surface area contributed by atoms with Crippen molar-refractivity contribution in [3.63, 3.8) is 0 Å². The van der Waals surface area contributed by atoms with Crippen molar-refractivity contribution >= 4 is 0 Å². The average Bonchev–Trinajstić information content (AvgIpc) is 2.52. The van der Waals surface area contributed by atoms with Crippen molar-refractivity contribution in [3.8, 4) is 0 Å². The lowest BCUT2D eigenvalue weighted by Crippen LogP contribution is -2.24. The fourth-order valence-corrected chi connectivity index (χ4v) is 2.59. The van der Waals surface area contributed by atoms with Crippen LogP contribution in [0, 0.1) is 19.8 Å². The Hall–Kier alpha value is -0.830. The average molecular weight is 207 g/mol. The molecule has 1 unspecified atom stereocenters. The van der Waals surface area contributed by atoms with Crippen LogP contribution in [0.2, 0.25) is 0 Å². The minimum absolute atomic E-state index is 0.831. The summed E-state index contributed by atoms with van der Waals surface area (Å²) in [6, 6.07) is 0. The summed E-state index contributed by atoms with van der Waals surface area (Å²) in [5.41, 5.74) is 2.70. The van der Waals surface area contributed by atoms with Gasteiger partial charge in [0.2, 0.25) is 0 Å². The van der Waals surface area contributed by atoms with E-state index in [1.807, 2.05) is 7.05 Å².